The number of rotatable bonds is 6. The van der Waals surface area contributed by atoms with E-state index in [9.17, 15) is 4.79 Å². The van der Waals surface area contributed by atoms with Crippen LogP contribution in [0.1, 0.15) is 64.9 Å². The third-order valence-corrected chi connectivity index (χ3v) is 5.65. The smallest absolute Gasteiger partial charge is 0.310 e. The molecule has 0 aliphatic heterocycles. The molecule has 0 spiro atoms. The molecule has 0 bridgehead atoms. The summed E-state index contributed by atoms with van der Waals surface area (Å²) in [6, 6.07) is 12.5. The zero-order chi connectivity index (χ0) is 18.5. The number of carbonyl (C=O) groups excluding carboxylic acids is 1. The van der Waals surface area contributed by atoms with Crippen molar-refractivity contribution in [1.82, 2.24) is 0 Å². The number of allylic oxidation sites excluding steroid dienone is 2. The highest BCUT2D eigenvalue weighted by Gasteiger charge is 2.17. The summed E-state index contributed by atoms with van der Waals surface area (Å²) in [5.41, 5.74) is 2.81. The number of fused-ring (bicyclic) bond motifs is 1. The normalized spacial score (nSPS) is 18.4. The highest BCUT2D eigenvalue weighted by Crippen LogP contribution is 2.35. The van der Waals surface area contributed by atoms with Crippen LogP contribution < -0.4 is 4.74 Å². The van der Waals surface area contributed by atoms with Crippen LogP contribution in [0.3, 0.4) is 0 Å². The van der Waals surface area contributed by atoms with Crippen LogP contribution in [0.2, 0.25) is 0 Å². The quantitative estimate of drug-likeness (QED) is 0.424. The van der Waals surface area contributed by atoms with E-state index in [2.05, 4.69) is 38.1 Å². The van der Waals surface area contributed by atoms with E-state index in [1.54, 1.807) is 6.92 Å². The summed E-state index contributed by atoms with van der Waals surface area (Å²) in [6.07, 6.45) is 9.19. The van der Waals surface area contributed by atoms with Gasteiger partial charge in [0.15, 0.2) is 0 Å². The second-order valence-electron chi connectivity index (χ2n) is 7.67. The minimum atomic E-state index is -0.194. The van der Waals surface area contributed by atoms with Crippen LogP contribution in [0.15, 0.2) is 42.5 Å². The van der Waals surface area contributed by atoms with Gasteiger partial charge in [-0.1, -0.05) is 51.5 Å². The predicted molar refractivity (Wildman–Crippen MR) is 109 cm³/mol. The Bertz CT molecular complexity index is 803. The molecule has 1 aliphatic rings. The monoisotopic (exact) mass is 350 g/mol. The molecule has 2 unspecified atom stereocenters. The molecule has 2 aromatic carbocycles. The van der Waals surface area contributed by atoms with E-state index in [0.29, 0.717) is 12.2 Å². The van der Waals surface area contributed by atoms with E-state index in [0.717, 1.165) is 17.2 Å². The number of benzene rings is 2. The zero-order valence-corrected chi connectivity index (χ0v) is 16.3. The first-order valence-electron chi connectivity index (χ1n) is 10.0. The van der Waals surface area contributed by atoms with Crippen LogP contribution >= 0.6 is 0 Å². The SMILES string of the molecule is CCC(=O)Oc1ccc2cc(C3=CCC(CC(C)CC)CC3)ccc2c1. The minimum Gasteiger partial charge on any atom is -0.427 e. The fraction of sp³-hybridized carbons (Fsp3) is 0.458. The standard InChI is InChI=1S/C24H30O2/c1-4-17(3)14-18-6-8-19(9-7-18)20-10-11-22-16-23(26-24(25)5-2)13-12-21(22)15-20/h8,10-13,15-18H,4-7,9,14H2,1-3H3. The number of esters is 1. The van der Waals surface area contributed by atoms with Crippen LogP contribution in [-0.2, 0) is 4.79 Å². The molecule has 0 fully saturated rings. The largest absolute Gasteiger partial charge is 0.427 e. The lowest BCUT2D eigenvalue weighted by molar-refractivity contribution is -0.134. The summed E-state index contributed by atoms with van der Waals surface area (Å²) >= 11 is 0. The molecular formula is C24H30O2. The summed E-state index contributed by atoms with van der Waals surface area (Å²) < 4.78 is 5.32. The minimum absolute atomic E-state index is 0.194. The molecule has 2 nitrogen and oxygen atoms in total. The molecule has 0 saturated heterocycles. The van der Waals surface area contributed by atoms with Gasteiger partial charge in [-0.15, -0.1) is 0 Å². The van der Waals surface area contributed by atoms with Crippen LogP contribution in [-0.4, -0.2) is 5.97 Å². The van der Waals surface area contributed by atoms with Crippen LogP contribution in [0.5, 0.6) is 5.75 Å². The average Bonchev–Trinajstić information content (AvgIpc) is 2.68. The van der Waals surface area contributed by atoms with Gasteiger partial charge in [-0.25, -0.2) is 0 Å². The summed E-state index contributed by atoms with van der Waals surface area (Å²) in [7, 11) is 0. The highest BCUT2D eigenvalue weighted by atomic mass is 16.5. The van der Waals surface area contributed by atoms with Crippen molar-refractivity contribution < 1.29 is 9.53 Å². The Morgan fingerprint density at radius 2 is 1.92 bits per heavy atom. The van der Waals surface area contributed by atoms with Crippen molar-refractivity contribution in [2.45, 2.75) is 59.3 Å². The van der Waals surface area contributed by atoms with Gasteiger partial charge in [-0.2, -0.15) is 0 Å². The third-order valence-electron chi connectivity index (χ3n) is 5.65. The maximum absolute atomic E-state index is 11.5. The predicted octanol–water partition coefficient (Wildman–Crippen LogP) is 6.77. The molecule has 2 atom stereocenters. The highest BCUT2D eigenvalue weighted by molar-refractivity contribution is 5.88. The van der Waals surface area contributed by atoms with E-state index in [4.69, 9.17) is 4.74 Å². The summed E-state index contributed by atoms with van der Waals surface area (Å²) in [6.45, 7) is 6.47. The molecule has 0 aromatic heterocycles. The molecule has 1 aliphatic carbocycles. The molecule has 0 radical (unpaired) electrons. The Morgan fingerprint density at radius 1 is 1.15 bits per heavy atom. The first kappa shape index (κ1) is 18.7. The van der Waals surface area contributed by atoms with Crippen LogP contribution in [0.25, 0.3) is 16.3 Å². The molecule has 2 aromatic rings. The van der Waals surface area contributed by atoms with Gasteiger partial charge in [-0.05, 0) is 77.6 Å². The van der Waals surface area contributed by atoms with Gasteiger partial charge in [0, 0.05) is 6.42 Å². The first-order chi connectivity index (χ1) is 12.6. The third kappa shape index (κ3) is 4.55. The number of hydrogen-bond acceptors (Lipinski definition) is 2. The van der Waals surface area contributed by atoms with Crippen molar-refractivity contribution >= 4 is 22.3 Å². The maximum Gasteiger partial charge on any atom is 0.310 e. The van der Waals surface area contributed by atoms with Crippen molar-refractivity contribution in [2.24, 2.45) is 11.8 Å². The van der Waals surface area contributed by atoms with Crippen molar-refractivity contribution in [3.8, 4) is 5.75 Å². The Hall–Kier alpha value is -2.09. The van der Waals surface area contributed by atoms with E-state index in [-0.39, 0.29) is 5.97 Å². The summed E-state index contributed by atoms with van der Waals surface area (Å²) in [5, 5.41) is 2.31. The fourth-order valence-electron chi connectivity index (χ4n) is 3.79. The molecule has 26 heavy (non-hydrogen) atoms. The molecule has 3 rings (SSSR count). The van der Waals surface area contributed by atoms with Gasteiger partial charge in [-0.3, -0.25) is 4.79 Å². The Balaban J connectivity index is 1.73. The summed E-state index contributed by atoms with van der Waals surface area (Å²) in [4.78, 5) is 11.5. The van der Waals surface area contributed by atoms with Crippen LogP contribution in [0.4, 0.5) is 0 Å². The van der Waals surface area contributed by atoms with Gasteiger partial charge >= 0.3 is 5.97 Å². The van der Waals surface area contributed by atoms with Gasteiger partial charge in [0.1, 0.15) is 5.75 Å². The summed E-state index contributed by atoms with van der Waals surface area (Å²) in [5.74, 6) is 2.12. The molecule has 0 amide bonds. The van der Waals surface area contributed by atoms with E-state index < -0.39 is 0 Å². The number of ether oxygens (including phenoxy) is 1. The van der Waals surface area contributed by atoms with E-state index in [1.165, 1.54) is 48.6 Å². The van der Waals surface area contributed by atoms with Crippen molar-refractivity contribution in [1.29, 1.82) is 0 Å². The fourth-order valence-corrected chi connectivity index (χ4v) is 3.79. The number of hydrogen-bond donors (Lipinski definition) is 0. The zero-order valence-electron chi connectivity index (χ0n) is 16.3. The van der Waals surface area contributed by atoms with Crippen molar-refractivity contribution in [3.05, 3.63) is 48.0 Å². The first-order valence-corrected chi connectivity index (χ1v) is 10.0. The van der Waals surface area contributed by atoms with Crippen LogP contribution in [0, 0.1) is 11.8 Å². The van der Waals surface area contributed by atoms with Crippen molar-refractivity contribution in [2.75, 3.05) is 0 Å². The van der Waals surface area contributed by atoms with Gasteiger partial charge < -0.3 is 4.74 Å². The van der Waals surface area contributed by atoms with Gasteiger partial charge in [0.05, 0.1) is 0 Å². The van der Waals surface area contributed by atoms with E-state index in [1.807, 2.05) is 18.2 Å². The number of carbonyl (C=O) groups is 1. The lowest BCUT2D eigenvalue weighted by Crippen LogP contribution is -2.09. The van der Waals surface area contributed by atoms with Gasteiger partial charge in [0.2, 0.25) is 0 Å². The van der Waals surface area contributed by atoms with E-state index >= 15 is 0 Å². The second kappa shape index (κ2) is 8.53. The lowest BCUT2D eigenvalue weighted by atomic mass is 9.81. The molecule has 0 heterocycles. The molecule has 0 saturated carbocycles. The molecule has 0 N–H and O–H groups in total. The average molecular weight is 351 g/mol. The molecule has 138 valence electrons. The Labute approximate surface area is 157 Å². The lowest BCUT2D eigenvalue weighted by Gasteiger charge is -2.24. The van der Waals surface area contributed by atoms with Gasteiger partial charge in [0.25, 0.3) is 0 Å². The van der Waals surface area contributed by atoms with Crippen molar-refractivity contribution in [3.63, 3.8) is 0 Å². The second-order valence-corrected chi connectivity index (χ2v) is 7.67. The topological polar surface area (TPSA) is 26.3 Å². The molecular weight excluding hydrogens is 320 g/mol. The maximum atomic E-state index is 11.5. The Kier molecular flexibility index (Phi) is 6.13. The molecule has 2 heteroatoms. The Morgan fingerprint density at radius 3 is 2.62 bits per heavy atom.